The number of nitrogens with zero attached hydrogens (tertiary/aromatic N) is 3. The molecular formula is C26H31N3O6. The lowest BCUT2D eigenvalue weighted by Gasteiger charge is -2.48. The molecule has 9 heteroatoms. The minimum Gasteiger partial charge on any atom is -0.465 e. The van der Waals surface area contributed by atoms with E-state index in [-0.39, 0.29) is 18.7 Å². The quantitative estimate of drug-likeness (QED) is 0.483. The van der Waals surface area contributed by atoms with Crippen LogP contribution in [-0.2, 0) is 20.8 Å². The van der Waals surface area contributed by atoms with E-state index in [0.717, 1.165) is 11.3 Å². The first-order chi connectivity index (χ1) is 16.7. The largest absolute Gasteiger partial charge is 0.465 e. The van der Waals surface area contributed by atoms with Crippen LogP contribution in [0.3, 0.4) is 0 Å². The summed E-state index contributed by atoms with van der Waals surface area (Å²) in [5, 5.41) is 0. The molecule has 0 spiro atoms. The SMILES string of the molecule is COC(=O)c1ccc2c(c1)N(C(=O)OC(C)(C)C)CC1CN(C(=O)OCc3ccccc3)CCN21. The van der Waals surface area contributed by atoms with Crippen molar-refractivity contribution in [2.24, 2.45) is 0 Å². The van der Waals surface area contributed by atoms with Crippen molar-refractivity contribution >= 4 is 29.5 Å². The molecule has 4 rings (SSSR count). The molecule has 2 heterocycles. The van der Waals surface area contributed by atoms with Gasteiger partial charge < -0.3 is 24.0 Å². The van der Waals surface area contributed by atoms with Gasteiger partial charge in [-0.1, -0.05) is 30.3 Å². The standard InChI is InChI=1S/C26H31N3O6/c1-26(2,3)35-25(32)29-16-20-15-27(24(31)34-17-18-8-6-5-7-9-18)12-13-28(20)21-11-10-19(14-22(21)29)23(30)33-4/h5-11,14,20H,12-13,15-17H2,1-4H3. The van der Waals surface area contributed by atoms with Gasteiger partial charge in [-0.3, -0.25) is 4.90 Å². The fourth-order valence-electron chi connectivity index (χ4n) is 4.33. The number of benzene rings is 2. The normalized spacial score (nSPS) is 17.3. The summed E-state index contributed by atoms with van der Waals surface area (Å²) in [6, 6.07) is 14.5. The molecule has 0 saturated carbocycles. The predicted octanol–water partition coefficient (Wildman–Crippen LogP) is 4.06. The van der Waals surface area contributed by atoms with E-state index in [1.165, 1.54) is 12.0 Å². The van der Waals surface area contributed by atoms with Gasteiger partial charge in [0.05, 0.1) is 36.6 Å². The summed E-state index contributed by atoms with van der Waals surface area (Å²) in [6.45, 7) is 7.36. The number of hydrogen-bond donors (Lipinski definition) is 0. The molecule has 0 bridgehead atoms. The van der Waals surface area contributed by atoms with Crippen LogP contribution in [0.4, 0.5) is 21.0 Å². The molecule has 0 aromatic heterocycles. The van der Waals surface area contributed by atoms with Gasteiger partial charge in [-0.05, 0) is 44.5 Å². The maximum absolute atomic E-state index is 13.1. The van der Waals surface area contributed by atoms with Crippen LogP contribution in [0.5, 0.6) is 0 Å². The number of rotatable bonds is 3. The van der Waals surface area contributed by atoms with E-state index in [1.807, 2.05) is 36.4 Å². The Bertz CT molecular complexity index is 1100. The van der Waals surface area contributed by atoms with Crippen LogP contribution >= 0.6 is 0 Å². The second-order valence-corrected chi connectivity index (χ2v) is 9.62. The van der Waals surface area contributed by atoms with Crippen LogP contribution in [0, 0.1) is 0 Å². The van der Waals surface area contributed by atoms with Crippen LogP contribution in [-0.4, -0.2) is 68.0 Å². The molecule has 2 aliphatic rings. The molecule has 1 saturated heterocycles. The predicted molar refractivity (Wildman–Crippen MR) is 131 cm³/mol. The average Bonchev–Trinajstić information content (AvgIpc) is 2.85. The van der Waals surface area contributed by atoms with Gasteiger partial charge >= 0.3 is 18.2 Å². The summed E-state index contributed by atoms with van der Waals surface area (Å²) in [6.07, 6.45) is -0.895. The molecule has 2 aromatic carbocycles. The van der Waals surface area contributed by atoms with E-state index in [9.17, 15) is 14.4 Å². The molecule has 0 N–H and O–H groups in total. The lowest BCUT2D eigenvalue weighted by Crippen LogP contribution is -2.62. The van der Waals surface area contributed by atoms with E-state index in [2.05, 4.69) is 4.90 Å². The Morgan fingerprint density at radius 1 is 0.943 bits per heavy atom. The topological polar surface area (TPSA) is 88.6 Å². The number of hydrogen-bond acceptors (Lipinski definition) is 7. The van der Waals surface area contributed by atoms with Gasteiger partial charge in [0.2, 0.25) is 0 Å². The van der Waals surface area contributed by atoms with Crippen molar-refractivity contribution in [2.45, 2.75) is 39.0 Å². The Balaban J connectivity index is 1.55. The van der Waals surface area contributed by atoms with Crippen molar-refractivity contribution in [3.63, 3.8) is 0 Å². The maximum atomic E-state index is 13.1. The first-order valence-corrected chi connectivity index (χ1v) is 11.6. The highest BCUT2D eigenvalue weighted by atomic mass is 16.6. The average molecular weight is 482 g/mol. The second kappa shape index (κ2) is 9.85. The molecule has 35 heavy (non-hydrogen) atoms. The summed E-state index contributed by atoms with van der Waals surface area (Å²) in [5.74, 6) is -0.481. The van der Waals surface area contributed by atoms with Crippen LogP contribution < -0.4 is 9.80 Å². The summed E-state index contributed by atoms with van der Waals surface area (Å²) in [7, 11) is 1.32. The van der Waals surface area contributed by atoms with Crippen LogP contribution in [0.2, 0.25) is 0 Å². The molecule has 2 aliphatic heterocycles. The van der Waals surface area contributed by atoms with Crippen molar-refractivity contribution in [3.8, 4) is 0 Å². The molecule has 0 radical (unpaired) electrons. The number of piperazine rings is 1. The number of amides is 2. The molecule has 1 unspecified atom stereocenters. The number of ether oxygens (including phenoxy) is 3. The monoisotopic (exact) mass is 481 g/mol. The number of carbonyl (C=O) groups is 3. The van der Waals surface area contributed by atoms with E-state index in [4.69, 9.17) is 14.2 Å². The number of fused-ring (bicyclic) bond motifs is 3. The van der Waals surface area contributed by atoms with E-state index in [1.54, 1.807) is 37.8 Å². The van der Waals surface area contributed by atoms with Crippen molar-refractivity contribution in [1.29, 1.82) is 0 Å². The fraction of sp³-hybridized carbons (Fsp3) is 0.423. The summed E-state index contributed by atoms with van der Waals surface area (Å²) in [5.41, 5.74) is 1.97. The van der Waals surface area contributed by atoms with E-state index >= 15 is 0 Å². The Kier molecular flexibility index (Phi) is 6.86. The fourth-order valence-corrected chi connectivity index (χ4v) is 4.33. The number of methoxy groups -OCH3 is 1. The smallest absolute Gasteiger partial charge is 0.414 e. The third-order valence-electron chi connectivity index (χ3n) is 5.95. The molecular weight excluding hydrogens is 450 g/mol. The lowest BCUT2D eigenvalue weighted by atomic mass is 10.0. The second-order valence-electron chi connectivity index (χ2n) is 9.62. The minimum atomic E-state index is -0.686. The summed E-state index contributed by atoms with van der Waals surface area (Å²) >= 11 is 0. The van der Waals surface area contributed by atoms with Gasteiger partial charge in [0.25, 0.3) is 0 Å². The first-order valence-electron chi connectivity index (χ1n) is 11.6. The molecule has 0 aliphatic carbocycles. The van der Waals surface area contributed by atoms with Gasteiger partial charge in [0.15, 0.2) is 0 Å². The zero-order valence-electron chi connectivity index (χ0n) is 20.5. The number of esters is 1. The molecule has 9 nitrogen and oxygen atoms in total. The van der Waals surface area contributed by atoms with Gasteiger partial charge in [-0.25, -0.2) is 14.4 Å². The van der Waals surface area contributed by atoms with Gasteiger partial charge in [-0.2, -0.15) is 0 Å². The number of carbonyl (C=O) groups excluding carboxylic acids is 3. The van der Waals surface area contributed by atoms with Crippen molar-refractivity contribution < 1.29 is 28.6 Å². The third kappa shape index (κ3) is 5.50. The van der Waals surface area contributed by atoms with Crippen molar-refractivity contribution in [2.75, 3.05) is 43.1 Å². The Morgan fingerprint density at radius 3 is 2.37 bits per heavy atom. The Morgan fingerprint density at radius 2 is 1.69 bits per heavy atom. The van der Waals surface area contributed by atoms with Crippen LogP contribution in [0.15, 0.2) is 48.5 Å². The highest BCUT2D eigenvalue weighted by Crippen LogP contribution is 2.38. The third-order valence-corrected chi connectivity index (χ3v) is 5.95. The first kappa shape index (κ1) is 24.4. The van der Waals surface area contributed by atoms with Gasteiger partial charge in [0, 0.05) is 19.6 Å². The van der Waals surface area contributed by atoms with E-state index in [0.29, 0.717) is 37.4 Å². The minimum absolute atomic E-state index is 0.156. The molecule has 2 aromatic rings. The van der Waals surface area contributed by atoms with Crippen LogP contribution in [0.1, 0.15) is 36.7 Å². The van der Waals surface area contributed by atoms with Crippen LogP contribution in [0.25, 0.3) is 0 Å². The zero-order valence-corrected chi connectivity index (χ0v) is 20.5. The maximum Gasteiger partial charge on any atom is 0.414 e. The molecule has 1 atom stereocenters. The molecule has 1 fully saturated rings. The highest BCUT2D eigenvalue weighted by Gasteiger charge is 2.40. The summed E-state index contributed by atoms with van der Waals surface area (Å²) in [4.78, 5) is 43.4. The van der Waals surface area contributed by atoms with Gasteiger partial charge in [0.1, 0.15) is 12.2 Å². The zero-order chi connectivity index (χ0) is 25.2. The molecule has 2 amide bonds. The lowest BCUT2D eigenvalue weighted by molar-refractivity contribution is 0.0563. The highest BCUT2D eigenvalue weighted by molar-refractivity contribution is 5.98. The van der Waals surface area contributed by atoms with Gasteiger partial charge in [-0.15, -0.1) is 0 Å². The van der Waals surface area contributed by atoms with E-state index < -0.39 is 17.7 Å². The number of anilines is 2. The Hall–Kier alpha value is -3.75. The molecule has 186 valence electrons. The van der Waals surface area contributed by atoms with Crippen molar-refractivity contribution in [3.05, 3.63) is 59.7 Å². The Labute approximate surface area is 205 Å². The summed E-state index contributed by atoms with van der Waals surface area (Å²) < 4.78 is 16.0. The van der Waals surface area contributed by atoms with Crippen molar-refractivity contribution in [1.82, 2.24) is 4.90 Å².